The Morgan fingerprint density at radius 1 is 1.15 bits per heavy atom. The number of hydrogen-bond donors (Lipinski definition) is 1. The van der Waals surface area contributed by atoms with E-state index in [4.69, 9.17) is 4.74 Å². The van der Waals surface area contributed by atoms with Gasteiger partial charge in [-0.1, -0.05) is 30.3 Å². The van der Waals surface area contributed by atoms with Crippen LogP contribution in [0.3, 0.4) is 0 Å². The standard InChI is InChI=1S/C21H26N2O3/c1-25-21(24)18-9-11-20(12-10-18)26-13-5-8-19-15-23(16-22-19)14-17-6-3-2-4-7-17/h2-4,6-7,9-12,19,22H,5,8,13-16H2,1H3. The third kappa shape index (κ3) is 5.31. The molecule has 26 heavy (non-hydrogen) atoms. The molecular formula is C21H26N2O3. The van der Waals surface area contributed by atoms with Gasteiger partial charge in [0.15, 0.2) is 0 Å². The summed E-state index contributed by atoms with van der Waals surface area (Å²) in [6.07, 6.45) is 2.08. The number of esters is 1. The topological polar surface area (TPSA) is 50.8 Å². The Labute approximate surface area is 154 Å². The van der Waals surface area contributed by atoms with Crippen LogP contribution in [0.2, 0.25) is 0 Å². The molecule has 2 aromatic carbocycles. The van der Waals surface area contributed by atoms with E-state index in [9.17, 15) is 4.79 Å². The fraction of sp³-hybridized carbons (Fsp3) is 0.381. The van der Waals surface area contributed by atoms with Crippen LogP contribution in [-0.2, 0) is 11.3 Å². The quantitative estimate of drug-likeness (QED) is 0.583. The predicted octanol–water partition coefficient (Wildman–Crippen LogP) is 3.06. The minimum atomic E-state index is -0.330. The first-order chi connectivity index (χ1) is 12.7. The van der Waals surface area contributed by atoms with E-state index in [1.165, 1.54) is 12.7 Å². The molecule has 0 saturated carbocycles. The van der Waals surface area contributed by atoms with Gasteiger partial charge in [-0.15, -0.1) is 0 Å². The van der Waals surface area contributed by atoms with Crippen LogP contribution in [0.5, 0.6) is 5.75 Å². The maximum absolute atomic E-state index is 11.4. The number of methoxy groups -OCH3 is 1. The van der Waals surface area contributed by atoms with Crippen molar-refractivity contribution in [2.75, 3.05) is 26.9 Å². The number of rotatable bonds is 8. The minimum absolute atomic E-state index is 0.330. The zero-order valence-electron chi connectivity index (χ0n) is 15.2. The van der Waals surface area contributed by atoms with Crippen molar-refractivity contribution < 1.29 is 14.3 Å². The van der Waals surface area contributed by atoms with Gasteiger partial charge in [-0.05, 0) is 42.7 Å². The van der Waals surface area contributed by atoms with Crippen LogP contribution in [0, 0.1) is 0 Å². The van der Waals surface area contributed by atoms with Gasteiger partial charge >= 0.3 is 5.97 Å². The van der Waals surface area contributed by atoms with E-state index in [1.54, 1.807) is 12.1 Å². The zero-order chi connectivity index (χ0) is 18.2. The molecule has 0 bridgehead atoms. The van der Waals surface area contributed by atoms with Crippen molar-refractivity contribution in [2.45, 2.75) is 25.4 Å². The van der Waals surface area contributed by atoms with Crippen LogP contribution in [0.25, 0.3) is 0 Å². The first-order valence-corrected chi connectivity index (χ1v) is 9.05. The molecule has 0 radical (unpaired) electrons. The van der Waals surface area contributed by atoms with E-state index in [1.807, 2.05) is 12.1 Å². The molecule has 3 rings (SSSR count). The summed E-state index contributed by atoms with van der Waals surface area (Å²) < 4.78 is 10.5. The van der Waals surface area contributed by atoms with Gasteiger partial charge in [-0.2, -0.15) is 0 Å². The average molecular weight is 354 g/mol. The van der Waals surface area contributed by atoms with Crippen LogP contribution in [0.1, 0.15) is 28.8 Å². The summed E-state index contributed by atoms with van der Waals surface area (Å²) >= 11 is 0. The fourth-order valence-corrected chi connectivity index (χ4v) is 3.18. The highest BCUT2D eigenvalue weighted by Gasteiger charge is 2.21. The second kappa shape index (κ2) is 9.36. The van der Waals surface area contributed by atoms with Crippen molar-refractivity contribution in [3.8, 4) is 5.75 Å². The number of ether oxygens (including phenoxy) is 2. The lowest BCUT2D eigenvalue weighted by Gasteiger charge is -2.14. The number of hydrogen-bond acceptors (Lipinski definition) is 5. The summed E-state index contributed by atoms with van der Waals surface area (Å²) in [4.78, 5) is 13.8. The summed E-state index contributed by atoms with van der Waals surface area (Å²) in [5.74, 6) is 0.451. The lowest BCUT2D eigenvalue weighted by Crippen LogP contribution is -2.24. The SMILES string of the molecule is COC(=O)c1ccc(OCCCC2CN(Cc3ccccc3)CN2)cc1. The molecule has 1 saturated heterocycles. The summed E-state index contributed by atoms with van der Waals surface area (Å²) in [5, 5.41) is 3.57. The molecule has 2 aromatic rings. The number of nitrogens with zero attached hydrogens (tertiary/aromatic N) is 1. The molecule has 1 aliphatic heterocycles. The molecule has 5 nitrogen and oxygen atoms in total. The van der Waals surface area contributed by atoms with Gasteiger partial charge < -0.3 is 14.8 Å². The van der Waals surface area contributed by atoms with Gasteiger partial charge in [-0.3, -0.25) is 4.90 Å². The molecular weight excluding hydrogens is 328 g/mol. The molecule has 1 fully saturated rings. The maximum atomic E-state index is 11.4. The van der Waals surface area contributed by atoms with Gasteiger partial charge in [0.25, 0.3) is 0 Å². The summed E-state index contributed by atoms with van der Waals surface area (Å²) in [6.45, 7) is 3.68. The molecule has 0 aliphatic carbocycles. The van der Waals surface area contributed by atoms with E-state index in [0.717, 1.165) is 38.3 Å². The van der Waals surface area contributed by atoms with Gasteiger partial charge in [0.05, 0.1) is 19.3 Å². The first-order valence-electron chi connectivity index (χ1n) is 9.05. The Hall–Kier alpha value is -2.37. The summed E-state index contributed by atoms with van der Waals surface area (Å²) in [5.41, 5.74) is 1.89. The minimum Gasteiger partial charge on any atom is -0.494 e. The molecule has 138 valence electrons. The molecule has 1 N–H and O–H groups in total. The number of carbonyl (C=O) groups excluding carboxylic acids is 1. The third-order valence-electron chi connectivity index (χ3n) is 4.57. The first kappa shape index (κ1) is 18.4. The zero-order valence-corrected chi connectivity index (χ0v) is 15.2. The van der Waals surface area contributed by atoms with Gasteiger partial charge in [0.2, 0.25) is 0 Å². The van der Waals surface area contributed by atoms with Crippen LogP contribution in [0.4, 0.5) is 0 Å². The Kier molecular flexibility index (Phi) is 6.63. The van der Waals surface area contributed by atoms with E-state index < -0.39 is 0 Å². The molecule has 1 heterocycles. The molecule has 1 unspecified atom stereocenters. The highest BCUT2D eigenvalue weighted by atomic mass is 16.5. The van der Waals surface area contributed by atoms with Gasteiger partial charge in [0, 0.05) is 25.8 Å². The summed E-state index contributed by atoms with van der Waals surface area (Å²) in [7, 11) is 1.38. The molecule has 1 atom stereocenters. The Balaban J connectivity index is 1.33. The van der Waals surface area contributed by atoms with Crippen LogP contribution < -0.4 is 10.1 Å². The summed E-state index contributed by atoms with van der Waals surface area (Å²) in [6, 6.07) is 18.2. The lowest BCUT2D eigenvalue weighted by atomic mass is 10.1. The average Bonchev–Trinajstić information content (AvgIpc) is 3.13. The van der Waals surface area contributed by atoms with E-state index >= 15 is 0 Å². The van der Waals surface area contributed by atoms with Crippen LogP contribution >= 0.6 is 0 Å². The smallest absolute Gasteiger partial charge is 0.337 e. The fourth-order valence-electron chi connectivity index (χ4n) is 3.18. The number of benzene rings is 2. The number of carbonyl (C=O) groups is 1. The molecule has 1 aliphatic rings. The van der Waals surface area contributed by atoms with Crippen molar-refractivity contribution in [3.05, 3.63) is 65.7 Å². The molecule has 5 heteroatoms. The van der Waals surface area contributed by atoms with E-state index in [0.29, 0.717) is 18.2 Å². The second-order valence-corrected chi connectivity index (χ2v) is 6.56. The van der Waals surface area contributed by atoms with Gasteiger partial charge in [-0.25, -0.2) is 4.79 Å². The normalized spacial score (nSPS) is 17.2. The maximum Gasteiger partial charge on any atom is 0.337 e. The lowest BCUT2D eigenvalue weighted by molar-refractivity contribution is 0.0600. The van der Waals surface area contributed by atoms with Crippen molar-refractivity contribution in [1.29, 1.82) is 0 Å². The molecule has 0 aromatic heterocycles. The highest BCUT2D eigenvalue weighted by molar-refractivity contribution is 5.89. The van der Waals surface area contributed by atoms with Crippen molar-refractivity contribution in [1.82, 2.24) is 10.2 Å². The van der Waals surface area contributed by atoms with Crippen LogP contribution in [0.15, 0.2) is 54.6 Å². The molecule has 0 spiro atoms. The van der Waals surface area contributed by atoms with Crippen molar-refractivity contribution in [2.24, 2.45) is 0 Å². The van der Waals surface area contributed by atoms with E-state index in [2.05, 4.69) is 45.3 Å². The van der Waals surface area contributed by atoms with Crippen molar-refractivity contribution in [3.63, 3.8) is 0 Å². The number of nitrogens with one attached hydrogen (secondary N) is 1. The van der Waals surface area contributed by atoms with Crippen molar-refractivity contribution >= 4 is 5.97 Å². The molecule has 0 amide bonds. The highest BCUT2D eigenvalue weighted by Crippen LogP contribution is 2.15. The van der Waals surface area contributed by atoms with Gasteiger partial charge in [0.1, 0.15) is 5.75 Å². The predicted molar refractivity (Wildman–Crippen MR) is 101 cm³/mol. The third-order valence-corrected chi connectivity index (χ3v) is 4.57. The van der Waals surface area contributed by atoms with Crippen LogP contribution in [-0.4, -0.2) is 43.8 Å². The van der Waals surface area contributed by atoms with E-state index in [-0.39, 0.29) is 5.97 Å². The Morgan fingerprint density at radius 2 is 1.92 bits per heavy atom. The monoisotopic (exact) mass is 354 g/mol. The largest absolute Gasteiger partial charge is 0.494 e. The Morgan fingerprint density at radius 3 is 2.65 bits per heavy atom. The Bertz CT molecular complexity index is 688. The second-order valence-electron chi connectivity index (χ2n) is 6.56.